The minimum absolute atomic E-state index is 0.127. The molecule has 0 radical (unpaired) electrons. The molecule has 0 fully saturated rings. The summed E-state index contributed by atoms with van der Waals surface area (Å²) in [5.41, 5.74) is 1.11. The van der Waals surface area contributed by atoms with E-state index in [4.69, 9.17) is 9.05 Å². The van der Waals surface area contributed by atoms with Crippen LogP contribution in [0.4, 0.5) is 0 Å². The fraction of sp³-hybridized carbons (Fsp3) is 0.562. The van der Waals surface area contributed by atoms with Gasteiger partial charge < -0.3 is 13.9 Å². The Hall–Kier alpha value is -1.16. The zero-order valence-corrected chi connectivity index (χ0v) is 14.9. The largest absolute Gasteiger partial charge is 0.357 e. The number of rotatable bonds is 4. The average molecular weight is 325 g/mol. The van der Waals surface area contributed by atoms with E-state index in [0.717, 1.165) is 0 Å². The second-order valence-corrected chi connectivity index (χ2v) is 8.92. The molecule has 0 saturated carbocycles. The lowest BCUT2D eigenvalue weighted by Gasteiger charge is -2.40. The molecule has 0 aromatic heterocycles. The van der Waals surface area contributed by atoms with Crippen molar-refractivity contribution in [2.75, 3.05) is 14.2 Å². The van der Waals surface area contributed by atoms with E-state index in [0.29, 0.717) is 11.1 Å². The summed E-state index contributed by atoms with van der Waals surface area (Å²) in [6, 6.07) is 7.09. The Bertz CT molecular complexity index is 615. The van der Waals surface area contributed by atoms with Crippen LogP contribution < -0.4 is 0 Å². The monoisotopic (exact) mass is 325 g/mol. The average Bonchev–Trinajstić information content (AvgIpc) is 2.78. The molecule has 2 rings (SSSR count). The number of carbonyl (C=O) groups excluding carboxylic acids is 1. The molecule has 1 heterocycles. The van der Waals surface area contributed by atoms with Crippen molar-refractivity contribution in [2.24, 2.45) is 5.41 Å². The van der Waals surface area contributed by atoms with Gasteiger partial charge in [0.05, 0.1) is 0 Å². The molecule has 1 aromatic rings. The lowest BCUT2D eigenvalue weighted by Crippen LogP contribution is -2.44. The van der Waals surface area contributed by atoms with Crippen molar-refractivity contribution in [1.82, 2.24) is 4.90 Å². The standard InChI is InChI=1S/C16H24NO4P/c1-11(16(2,3)4)17-14(18)12-9-7-8-10-13(12)15(17)22(19,20-5)21-6/h7-11,15H,1-6H3/t11-,15+/m0/s1. The molecule has 1 amide bonds. The topological polar surface area (TPSA) is 55.8 Å². The van der Waals surface area contributed by atoms with Crippen LogP contribution in [0.3, 0.4) is 0 Å². The summed E-state index contributed by atoms with van der Waals surface area (Å²) < 4.78 is 23.5. The first-order valence-corrected chi connectivity index (χ1v) is 8.91. The minimum Gasteiger partial charge on any atom is -0.317 e. The van der Waals surface area contributed by atoms with E-state index < -0.39 is 13.4 Å². The van der Waals surface area contributed by atoms with Crippen LogP contribution in [0.15, 0.2) is 24.3 Å². The Labute approximate surface area is 132 Å². The van der Waals surface area contributed by atoms with Crippen LogP contribution in [0.5, 0.6) is 0 Å². The van der Waals surface area contributed by atoms with Crippen molar-refractivity contribution in [3.8, 4) is 0 Å². The van der Waals surface area contributed by atoms with E-state index in [1.807, 2.05) is 25.1 Å². The molecule has 6 heteroatoms. The maximum absolute atomic E-state index is 13.1. The van der Waals surface area contributed by atoms with Crippen LogP contribution in [-0.2, 0) is 13.6 Å². The summed E-state index contributed by atoms with van der Waals surface area (Å²) in [5, 5.41) is 0. The molecule has 5 nitrogen and oxygen atoms in total. The van der Waals surface area contributed by atoms with Crippen LogP contribution in [0.25, 0.3) is 0 Å². The first kappa shape index (κ1) is 17.2. The first-order chi connectivity index (χ1) is 10.2. The predicted molar refractivity (Wildman–Crippen MR) is 85.9 cm³/mol. The summed E-state index contributed by atoms with van der Waals surface area (Å²) in [6.45, 7) is 8.12. The van der Waals surface area contributed by atoms with Gasteiger partial charge in [-0.3, -0.25) is 9.36 Å². The molecule has 2 atom stereocenters. The normalized spacial score (nSPS) is 20.2. The zero-order chi connectivity index (χ0) is 16.7. The smallest absolute Gasteiger partial charge is 0.317 e. The van der Waals surface area contributed by atoms with E-state index in [2.05, 4.69) is 20.8 Å². The second-order valence-electron chi connectivity index (χ2n) is 6.62. The van der Waals surface area contributed by atoms with Crippen molar-refractivity contribution in [3.63, 3.8) is 0 Å². The fourth-order valence-corrected chi connectivity index (χ4v) is 4.44. The Morgan fingerprint density at radius 3 is 2.23 bits per heavy atom. The van der Waals surface area contributed by atoms with E-state index in [1.165, 1.54) is 14.2 Å². The summed E-state index contributed by atoms with van der Waals surface area (Å²) in [4.78, 5) is 14.5. The Morgan fingerprint density at radius 2 is 1.73 bits per heavy atom. The molecule has 0 unspecified atom stereocenters. The lowest BCUT2D eigenvalue weighted by molar-refractivity contribution is 0.0519. The number of fused-ring (bicyclic) bond motifs is 1. The van der Waals surface area contributed by atoms with Gasteiger partial charge >= 0.3 is 7.60 Å². The summed E-state index contributed by atoms with van der Waals surface area (Å²) in [7, 11) is -0.759. The van der Waals surface area contributed by atoms with Crippen molar-refractivity contribution >= 4 is 13.5 Å². The number of benzene rings is 1. The molecule has 1 aromatic carbocycles. The molecule has 0 N–H and O–H groups in total. The highest BCUT2D eigenvalue weighted by molar-refractivity contribution is 7.54. The molecule has 1 aliphatic rings. The molecule has 0 spiro atoms. The molecule has 22 heavy (non-hydrogen) atoms. The fourth-order valence-electron chi connectivity index (χ4n) is 2.72. The maximum atomic E-state index is 13.1. The van der Waals surface area contributed by atoms with Crippen LogP contribution in [-0.4, -0.2) is 31.1 Å². The van der Waals surface area contributed by atoms with Gasteiger partial charge in [-0.25, -0.2) is 0 Å². The molecule has 1 aliphatic heterocycles. The molecule has 0 aliphatic carbocycles. The second kappa shape index (κ2) is 5.80. The number of hydrogen-bond acceptors (Lipinski definition) is 4. The number of hydrogen-bond donors (Lipinski definition) is 0. The van der Waals surface area contributed by atoms with Crippen LogP contribution >= 0.6 is 7.60 Å². The molecular weight excluding hydrogens is 301 g/mol. The van der Waals surface area contributed by atoms with Crippen molar-refractivity contribution in [1.29, 1.82) is 0 Å². The zero-order valence-electron chi connectivity index (χ0n) is 14.0. The highest BCUT2D eigenvalue weighted by Crippen LogP contribution is 2.65. The van der Waals surface area contributed by atoms with Crippen molar-refractivity contribution in [2.45, 2.75) is 39.5 Å². The Balaban J connectivity index is 2.63. The number of amides is 1. The van der Waals surface area contributed by atoms with Gasteiger partial charge in [0.15, 0.2) is 5.78 Å². The molecule has 122 valence electrons. The van der Waals surface area contributed by atoms with Gasteiger partial charge in [0.1, 0.15) is 0 Å². The SMILES string of the molecule is COP(=O)(OC)[C@@H]1c2ccccc2C(=O)N1[C@@H](C)C(C)(C)C. The van der Waals surface area contributed by atoms with Crippen LogP contribution in [0.2, 0.25) is 0 Å². The van der Waals surface area contributed by atoms with E-state index >= 15 is 0 Å². The highest BCUT2D eigenvalue weighted by Gasteiger charge is 2.51. The van der Waals surface area contributed by atoms with Crippen molar-refractivity contribution < 1.29 is 18.4 Å². The summed E-state index contributed by atoms with van der Waals surface area (Å²) in [6.07, 6.45) is 0. The summed E-state index contributed by atoms with van der Waals surface area (Å²) >= 11 is 0. The first-order valence-electron chi connectivity index (χ1n) is 7.30. The van der Waals surface area contributed by atoms with E-state index in [-0.39, 0.29) is 17.4 Å². The molecule has 0 saturated heterocycles. The highest BCUT2D eigenvalue weighted by atomic mass is 31.2. The third kappa shape index (κ3) is 2.62. The Morgan fingerprint density at radius 1 is 1.18 bits per heavy atom. The third-order valence-electron chi connectivity index (χ3n) is 4.45. The van der Waals surface area contributed by atoms with Gasteiger partial charge in [0, 0.05) is 25.8 Å². The van der Waals surface area contributed by atoms with Crippen molar-refractivity contribution in [3.05, 3.63) is 35.4 Å². The quantitative estimate of drug-likeness (QED) is 0.783. The van der Waals surface area contributed by atoms with Gasteiger partial charge in [-0.1, -0.05) is 39.0 Å². The van der Waals surface area contributed by atoms with E-state index in [9.17, 15) is 9.36 Å². The van der Waals surface area contributed by atoms with Gasteiger partial charge in [-0.05, 0) is 24.0 Å². The van der Waals surface area contributed by atoms with Gasteiger partial charge in [0.25, 0.3) is 5.91 Å². The van der Waals surface area contributed by atoms with Gasteiger partial charge in [-0.15, -0.1) is 0 Å². The van der Waals surface area contributed by atoms with Crippen LogP contribution in [0.1, 0.15) is 49.4 Å². The van der Waals surface area contributed by atoms with E-state index in [1.54, 1.807) is 11.0 Å². The minimum atomic E-state index is -3.47. The summed E-state index contributed by atoms with van der Waals surface area (Å²) in [5.74, 6) is -0.835. The van der Waals surface area contributed by atoms with Gasteiger partial charge in [-0.2, -0.15) is 0 Å². The Kier molecular flexibility index (Phi) is 4.54. The molecule has 0 bridgehead atoms. The predicted octanol–water partition coefficient (Wildman–Crippen LogP) is 4.06. The lowest BCUT2D eigenvalue weighted by atomic mass is 9.87. The maximum Gasteiger partial charge on any atom is 0.357 e. The third-order valence-corrected chi connectivity index (χ3v) is 6.59. The number of carbonyl (C=O) groups is 1. The molecular formula is C16H24NO4P. The van der Waals surface area contributed by atoms with Gasteiger partial charge in [0.2, 0.25) is 0 Å². The van der Waals surface area contributed by atoms with Crippen LogP contribution in [0, 0.1) is 5.41 Å². The number of nitrogens with zero attached hydrogens (tertiary/aromatic N) is 1.